The van der Waals surface area contributed by atoms with Crippen LogP contribution in [-0.4, -0.2) is 37.0 Å². The number of hydrogen-bond acceptors (Lipinski definition) is 4. The summed E-state index contributed by atoms with van der Waals surface area (Å²) in [6.07, 6.45) is 4.35. The van der Waals surface area contributed by atoms with Crippen molar-refractivity contribution < 1.29 is 14.3 Å². The minimum Gasteiger partial charge on any atom is -0.467 e. The van der Waals surface area contributed by atoms with E-state index in [1.54, 1.807) is 18.2 Å². The predicted molar refractivity (Wildman–Crippen MR) is 82.0 cm³/mol. The van der Waals surface area contributed by atoms with E-state index in [0.717, 1.165) is 5.56 Å². The molecule has 0 unspecified atom stereocenters. The second-order valence-electron chi connectivity index (χ2n) is 4.20. The molecule has 0 saturated carbocycles. The van der Waals surface area contributed by atoms with Crippen molar-refractivity contribution in [3.05, 3.63) is 48.0 Å². The van der Waals surface area contributed by atoms with Gasteiger partial charge in [-0.2, -0.15) is 11.8 Å². The van der Waals surface area contributed by atoms with Crippen molar-refractivity contribution >= 4 is 23.6 Å². The van der Waals surface area contributed by atoms with Gasteiger partial charge in [0.15, 0.2) is 0 Å². The highest BCUT2D eigenvalue weighted by Gasteiger charge is 2.21. The van der Waals surface area contributed by atoms with Crippen LogP contribution in [0.2, 0.25) is 0 Å². The van der Waals surface area contributed by atoms with Crippen LogP contribution >= 0.6 is 11.8 Å². The van der Waals surface area contributed by atoms with Crippen molar-refractivity contribution in [1.29, 1.82) is 0 Å². The van der Waals surface area contributed by atoms with Gasteiger partial charge in [0.05, 0.1) is 7.11 Å². The minimum absolute atomic E-state index is 0.277. The van der Waals surface area contributed by atoms with Gasteiger partial charge in [-0.05, 0) is 30.4 Å². The Morgan fingerprint density at radius 3 is 2.85 bits per heavy atom. The molecule has 1 aromatic rings. The molecule has 5 heteroatoms. The van der Waals surface area contributed by atoms with Crippen LogP contribution in [0.4, 0.5) is 0 Å². The summed E-state index contributed by atoms with van der Waals surface area (Å²) in [5.74, 6) is -0.236. The summed E-state index contributed by atoms with van der Waals surface area (Å²) >= 11 is 1.47. The number of methoxy groups -OCH3 is 1. The number of carbonyl (C=O) groups is 2. The van der Waals surface area contributed by atoms with Gasteiger partial charge in [-0.25, -0.2) is 4.79 Å². The summed E-state index contributed by atoms with van der Waals surface area (Å²) in [4.78, 5) is 23.7. The van der Waals surface area contributed by atoms with Gasteiger partial charge in [0.1, 0.15) is 6.04 Å². The number of nitrogens with one attached hydrogen (secondary N) is 1. The fraction of sp³-hybridized carbons (Fsp3) is 0.333. The van der Waals surface area contributed by atoms with Crippen LogP contribution in [0.25, 0.3) is 0 Å². The average molecular weight is 293 g/mol. The third-order valence-electron chi connectivity index (χ3n) is 2.69. The summed E-state index contributed by atoms with van der Waals surface area (Å²) in [6.45, 7) is 3.67. The summed E-state index contributed by atoms with van der Waals surface area (Å²) in [6, 6.07) is 6.62. The minimum atomic E-state index is -0.634. The lowest BCUT2D eigenvalue weighted by Crippen LogP contribution is -2.43. The molecule has 0 bridgehead atoms. The Morgan fingerprint density at radius 1 is 1.50 bits per heavy atom. The van der Waals surface area contributed by atoms with E-state index in [-0.39, 0.29) is 5.91 Å². The quantitative estimate of drug-likeness (QED) is 0.617. The van der Waals surface area contributed by atoms with Crippen LogP contribution in [0.15, 0.2) is 36.9 Å². The van der Waals surface area contributed by atoms with Gasteiger partial charge in [-0.15, -0.1) is 6.58 Å². The molecule has 108 valence electrons. The van der Waals surface area contributed by atoms with E-state index in [9.17, 15) is 9.59 Å². The average Bonchev–Trinajstić information content (AvgIpc) is 2.46. The highest BCUT2D eigenvalue weighted by atomic mass is 32.2. The summed E-state index contributed by atoms with van der Waals surface area (Å²) in [5.41, 5.74) is 1.53. The fourth-order valence-electron chi connectivity index (χ4n) is 1.73. The number of thioether (sulfide) groups is 1. The number of benzene rings is 1. The second-order valence-corrected chi connectivity index (χ2v) is 5.11. The maximum absolute atomic E-state index is 12.2. The van der Waals surface area contributed by atoms with Crippen LogP contribution in [0.1, 0.15) is 15.9 Å². The largest absolute Gasteiger partial charge is 0.467 e. The molecule has 0 aliphatic rings. The van der Waals surface area contributed by atoms with E-state index in [1.807, 2.05) is 18.4 Å². The fourth-order valence-corrected chi connectivity index (χ4v) is 2.28. The van der Waals surface area contributed by atoms with Crippen LogP contribution in [-0.2, 0) is 16.0 Å². The van der Waals surface area contributed by atoms with Crippen LogP contribution in [0, 0.1) is 0 Å². The van der Waals surface area contributed by atoms with Crippen molar-refractivity contribution in [1.82, 2.24) is 5.32 Å². The molecule has 1 rings (SSSR count). The van der Waals surface area contributed by atoms with E-state index in [2.05, 4.69) is 16.6 Å². The number of rotatable bonds is 7. The number of allylic oxidation sites excluding steroid dienone is 1. The van der Waals surface area contributed by atoms with Crippen molar-refractivity contribution in [2.45, 2.75) is 12.5 Å². The zero-order valence-electron chi connectivity index (χ0n) is 11.7. The monoisotopic (exact) mass is 293 g/mol. The molecule has 0 aliphatic heterocycles. The number of hydrogen-bond donors (Lipinski definition) is 1. The van der Waals surface area contributed by atoms with E-state index < -0.39 is 12.0 Å². The number of esters is 1. The molecular weight excluding hydrogens is 274 g/mol. The Morgan fingerprint density at radius 2 is 2.25 bits per heavy atom. The lowest BCUT2D eigenvalue weighted by atomic mass is 10.1. The first-order valence-corrected chi connectivity index (χ1v) is 7.59. The van der Waals surface area contributed by atoms with Crippen molar-refractivity contribution in [3.8, 4) is 0 Å². The van der Waals surface area contributed by atoms with Crippen molar-refractivity contribution in [2.75, 3.05) is 19.1 Å². The predicted octanol–water partition coefficient (Wildman–Crippen LogP) is 2.05. The van der Waals surface area contributed by atoms with Crippen molar-refractivity contribution in [3.63, 3.8) is 0 Å². The first kappa shape index (κ1) is 16.3. The lowest BCUT2D eigenvalue weighted by Gasteiger charge is -2.15. The molecule has 1 N–H and O–H groups in total. The Kier molecular flexibility index (Phi) is 6.87. The Hall–Kier alpha value is -1.75. The number of ether oxygens (including phenoxy) is 1. The van der Waals surface area contributed by atoms with Gasteiger partial charge in [0.2, 0.25) is 0 Å². The molecule has 4 nitrogen and oxygen atoms in total. The van der Waals surface area contributed by atoms with Gasteiger partial charge in [-0.3, -0.25) is 4.79 Å². The standard InChI is InChI=1S/C15H19NO3S/c1-4-6-11-7-5-8-12(9-11)14(17)16-13(10-20-3)15(18)19-2/h4-5,7-9,13H,1,6,10H2,2-3H3,(H,16,17)/t13-/m0/s1. The summed E-state index contributed by atoms with van der Waals surface area (Å²) in [7, 11) is 1.31. The zero-order chi connectivity index (χ0) is 15.0. The summed E-state index contributed by atoms with van der Waals surface area (Å²) < 4.78 is 4.68. The molecule has 1 amide bonds. The molecule has 1 aromatic carbocycles. The molecule has 0 fully saturated rings. The van der Waals surface area contributed by atoms with Gasteiger partial charge in [0, 0.05) is 11.3 Å². The molecule has 0 radical (unpaired) electrons. The SMILES string of the molecule is C=CCc1cccc(C(=O)N[C@@H](CSC)C(=O)OC)c1. The van der Waals surface area contributed by atoms with E-state index in [4.69, 9.17) is 0 Å². The van der Waals surface area contributed by atoms with E-state index >= 15 is 0 Å². The molecule has 0 heterocycles. The molecule has 0 aromatic heterocycles. The molecule has 1 atom stereocenters. The van der Waals surface area contributed by atoms with E-state index in [0.29, 0.717) is 17.7 Å². The van der Waals surface area contributed by atoms with Crippen LogP contribution in [0.3, 0.4) is 0 Å². The summed E-state index contributed by atoms with van der Waals surface area (Å²) in [5, 5.41) is 2.69. The number of amides is 1. The van der Waals surface area contributed by atoms with Crippen molar-refractivity contribution in [2.24, 2.45) is 0 Å². The number of carbonyl (C=O) groups excluding carboxylic acids is 2. The topological polar surface area (TPSA) is 55.4 Å². The van der Waals surface area contributed by atoms with E-state index in [1.165, 1.54) is 18.9 Å². The normalized spacial score (nSPS) is 11.5. The Bertz CT molecular complexity index is 488. The first-order chi connectivity index (χ1) is 9.62. The molecule has 20 heavy (non-hydrogen) atoms. The van der Waals surface area contributed by atoms with Gasteiger partial charge in [-0.1, -0.05) is 18.2 Å². The first-order valence-electron chi connectivity index (χ1n) is 6.19. The maximum atomic E-state index is 12.2. The molecule has 0 spiro atoms. The molecule has 0 aliphatic carbocycles. The Labute approximate surface area is 123 Å². The smallest absolute Gasteiger partial charge is 0.329 e. The Balaban J connectivity index is 2.80. The second kappa shape index (κ2) is 8.43. The zero-order valence-corrected chi connectivity index (χ0v) is 12.5. The van der Waals surface area contributed by atoms with Gasteiger partial charge in [0.25, 0.3) is 5.91 Å². The third kappa shape index (κ3) is 4.74. The highest BCUT2D eigenvalue weighted by molar-refractivity contribution is 7.98. The highest BCUT2D eigenvalue weighted by Crippen LogP contribution is 2.08. The van der Waals surface area contributed by atoms with Gasteiger partial charge < -0.3 is 10.1 Å². The molecule has 0 saturated heterocycles. The third-order valence-corrected chi connectivity index (χ3v) is 3.36. The van der Waals surface area contributed by atoms with Crippen LogP contribution < -0.4 is 5.32 Å². The lowest BCUT2D eigenvalue weighted by molar-refractivity contribution is -0.142. The van der Waals surface area contributed by atoms with Crippen LogP contribution in [0.5, 0.6) is 0 Å². The maximum Gasteiger partial charge on any atom is 0.329 e. The molecular formula is C15H19NO3S. The van der Waals surface area contributed by atoms with Gasteiger partial charge >= 0.3 is 5.97 Å².